The van der Waals surface area contributed by atoms with Crippen LogP contribution >= 0.6 is 0 Å². The van der Waals surface area contributed by atoms with Crippen LogP contribution in [0.15, 0.2) is 18.2 Å². The van der Waals surface area contributed by atoms with E-state index in [1.807, 2.05) is 0 Å². The first-order valence-electron chi connectivity index (χ1n) is 5.61. The topological polar surface area (TPSA) is 62.6 Å². The first-order chi connectivity index (χ1) is 8.69. The molecule has 1 aromatic carbocycles. The van der Waals surface area contributed by atoms with E-state index in [0.717, 1.165) is 5.69 Å². The molecule has 0 bridgehead atoms. The van der Waals surface area contributed by atoms with Crippen LogP contribution in [0.4, 0.5) is 5.69 Å². The van der Waals surface area contributed by atoms with E-state index in [1.54, 1.807) is 37.3 Å². The van der Waals surface area contributed by atoms with Gasteiger partial charge in [-0.25, -0.2) is 0 Å². The Morgan fingerprint density at radius 2 is 2.06 bits per heavy atom. The number of carbonyl (C=O) groups is 1. The lowest BCUT2D eigenvalue weighted by Gasteiger charge is -2.17. The van der Waals surface area contributed by atoms with Gasteiger partial charge >= 0.3 is 0 Å². The predicted octanol–water partition coefficient (Wildman–Crippen LogP) is 1.58. The lowest BCUT2D eigenvalue weighted by atomic mass is 10.1. The number of anilines is 1. The van der Waals surface area contributed by atoms with Gasteiger partial charge in [-0.15, -0.1) is 0 Å². The number of carbonyl (C=O) groups excluding carboxylic acids is 1. The summed E-state index contributed by atoms with van der Waals surface area (Å²) in [5, 5.41) is 8.86. The third kappa shape index (κ3) is 2.09. The van der Waals surface area contributed by atoms with E-state index in [4.69, 9.17) is 14.7 Å². The molecule has 0 aliphatic carbocycles. The van der Waals surface area contributed by atoms with Crippen molar-refractivity contribution >= 4 is 11.6 Å². The van der Waals surface area contributed by atoms with Crippen LogP contribution in [0.2, 0.25) is 0 Å². The third-order valence-electron chi connectivity index (χ3n) is 2.99. The van der Waals surface area contributed by atoms with Crippen molar-refractivity contribution in [1.82, 2.24) is 0 Å². The smallest absolute Gasteiger partial charge is 0.228 e. The predicted molar refractivity (Wildman–Crippen MR) is 65.6 cm³/mol. The number of benzene rings is 1. The summed E-state index contributed by atoms with van der Waals surface area (Å²) >= 11 is 0. The molecule has 0 aromatic heterocycles. The van der Waals surface area contributed by atoms with Gasteiger partial charge in [0, 0.05) is 24.7 Å². The molecule has 1 amide bonds. The van der Waals surface area contributed by atoms with E-state index in [9.17, 15) is 4.79 Å². The van der Waals surface area contributed by atoms with Gasteiger partial charge in [0.25, 0.3) is 0 Å². The maximum atomic E-state index is 11.8. The SMILES string of the molecule is COc1ccc(N2CC(C#N)CC2=O)cc1OC. The fraction of sp³-hybridized carbons (Fsp3) is 0.385. The average molecular weight is 246 g/mol. The van der Waals surface area contributed by atoms with Crippen LogP contribution in [0.25, 0.3) is 0 Å². The van der Waals surface area contributed by atoms with Crippen molar-refractivity contribution in [3.63, 3.8) is 0 Å². The molecule has 94 valence electrons. The molecule has 2 rings (SSSR count). The Hall–Kier alpha value is -2.22. The van der Waals surface area contributed by atoms with Gasteiger partial charge in [-0.05, 0) is 12.1 Å². The molecule has 18 heavy (non-hydrogen) atoms. The molecule has 1 aromatic rings. The lowest BCUT2D eigenvalue weighted by Crippen LogP contribution is -2.24. The van der Waals surface area contributed by atoms with Crippen LogP contribution in [0, 0.1) is 17.2 Å². The van der Waals surface area contributed by atoms with E-state index in [-0.39, 0.29) is 18.2 Å². The minimum absolute atomic E-state index is 0.0335. The average Bonchev–Trinajstić information content (AvgIpc) is 2.79. The van der Waals surface area contributed by atoms with Crippen LogP contribution in [-0.2, 0) is 4.79 Å². The second-order valence-corrected chi connectivity index (χ2v) is 4.07. The third-order valence-corrected chi connectivity index (χ3v) is 2.99. The standard InChI is InChI=1S/C13H14N2O3/c1-17-11-4-3-10(6-12(11)18-2)15-8-9(7-14)5-13(15)16/h3-4,6,9H,5,8H2,1-2H3. The molecule has 0 N–H and O–H groups in total. The Balaban J connectivity index is 2.30. The van der Waals surface area contributed by atoms with Crippen molar-refractivity contribution in [2.75, 3.05) is 25.7 Å². The molecule has 1 fully saturated rings. The molecule has 1 saturated heterocycles. The fourth-order valence-corrected chi connectivity index (χ4v) is 2.04. The quantitative estimate of drug-likeness (QED) is 0.812. The highest BCUT2D eigenvalue weighted by atomic mass is 16.5. The minimum atomic E-state index is -0.231. The number of methoxy groups -OCH3 is 2. The van der Waals surface area contributed by atoms with Crippen LogP contribution in [-0.4, -0.2) is 26.7 Å². The second kappa shape index (κ2) is 4.96. The maximum absolute atomic E-state index is 11.8. The van der Waals surface area contributed by atoms with Crippen LogP contribution in [0.1, 0.15) is 6.42 Å². The van der Waals surface area contributed by atoms with Gasteiger partial charge in [0.15, 0.2) is 11.5 Å². The number of hydrogen-bond donors (Lipinski definition) is 0. The van der Waals surface area contributed by atoms with E-state index in [1.165, 1.54) is 0 Å². The molecule has 0 saturated carbocycles. The Morgan fingerprint density at radius 3 is 2.61 bits per heavy atom. The Kier molecular flexibility index (Phi) is 3.38. The number of ether oxygens (including phenoxy) is 2. The molecule has 5 nitrogen and oxygen atoms in total. The van der Waals surface area contributed by atoms with E-state index in [0.29, 0.717) is 18.0 Å². The summed E-state index contributed by atoms with van der Waals surface area (Å²) in [5.41, 5.74) is 0.732. The summed E-state index contributed by atoms with van der Waals surface area (Å²) in [6, 6.07) is 7.42. The molecule has 1 aliphatic heterocycles. The summed E-state index contributed by atoms with van der Waals surface area (Å²) in [6.45, 7) is 0.435. The first kappa shape index (κ1) is 12.2. The summed E-state index contributed by atoms with van der Waals surface area (Å²) < 4.78 is 10.3. The summed E-state index contributed by atoms with van der Waals surface area (Å²) in [5.74, 6) is 0.923. The van der Waals surface area contributed by atoms with Crippen molar-refractivity contribution in [1.29, 1.82) is 5.26 Å². The summed E-state index contributed by atoms with van der Waals surface area (Å²) in [6.07, 6.45) is 0.283. The minimum Gasteiger partial charge on any atom is -0.493 e. The highest BCUT2D eigenvalue weighted by molar-refractivity contribution is 5.96. The van der Waals surface area contributed by atoms with Gasteiger partial charge in [-0.2, -0.15) is 5.26 Å². The van der Waals surface area contributed by atoms with E-state index in [2.05, 4.69) is 6.07 Å². The van der Waals surface area contributed by atoms with Crippen molar-refractivity contribution in [3.8, 4) is 17.6 Å². The van der Waals surface area contributed by atoms with Gasteiger partial charge < -0.3 is 14.4 Å². The molecule has 1 atom stereocenters. The van der Waals surface area contributed by atoms with Crippen LogP contribution < -0.4 is 14.4 Å². The number of nitriles is 1. The number of nitrogens with zero attached hydrogens (tertiary/aromatic N) is 2. The Bertz CT molecular complexity index is 507. The normalized spacial score (nSPS) is 18.6. The van der Waals surface area contributed by atoms with Gasteiger partial charge in [0.2, 0.25) is 5.91 Å². The highest BCUT2D eigenvalue weighted by Gasteiger charge is 2.30. The second-order valence-electron chi connectivity index (χ2n) is 4.07. The molecule has 1 heterocycles. The van der Waals surface area contributed by atoms with Crippen LogP contribution in [0.5, 0.6) is 11.5 Å². The highest BCUT2D eigenvalue weighted by Crippen LogP contribution is 2.33. The van der Waals surface area contributed by atoms with Crippen molar-refractivity contribution in [2.24, 2.45) is 5.92 Å². The number of hydrogen-bond acceptors (Lipinski definition) is 4. The molecule has 1 unspecified atom stereocenters. The fourth-order valence-electron chi connectivity index (χ4n) is 2.04. The van der Waals surface area contributed by atoms with Gasteiger partial charge in [0.05, 0.1) is 26.2 Å². The zero-order chi connectivity index (χ0) is 13.1. The first-order valence-corrected chi connectivity index (χ1v) is 5.61. The monoisotopic (exact) mass is 246 g/mol. The molecular formula is C13H14N2O3. The summed E-state index contributed by atoms with van der Waals surface area (Å²) in [4.78, 5) is 13.4. The summed E-state index contributed by atoms with van der Waals surface area (Å²) in [7, 11) is 3.11. The lowest BCUT2D eigenvalue weighted by molar-refractivity contribution is -0.117. The van der Waals surface area contributed by atoms with E-state index < -0.39 is 0 Å². The zero-order valence-corrected chi connectivity index (χ0v) is 10.3. The number of amides is 1. The number of rotatable bonds is 3. The molecule has 1 aliphatic rings. The Labute approximate surface area is 106 Å². The maximum Gasteiger partial charge on any atom is 0.228 e. The molecule has 5 heteroatoms. The molecule has 0 spiro atoms. The van der Waals surface area contributed by atoms with Gasteiger partial charge in [-0.1, -0.05) is 0 Å². The van der Waals surface area contributed by atoms with Crippen molar-refractivity contribution < 1.29 is 14.3 Å². The van der Waals surface area contributed by atoms with E-state index >= 15 is 0 Å². The van der Waals surface area contributed by atoms with Gasteiger partial charge in [0.1, 0.15) is 0 Å². The van der Waals surface area contributed by atoms with Gasteiger partial charge in [-0.3, -0.25) is 4.79 Å². The van der Waals surface area contributed by atoms with Crippen molar-refractivity contribution in [2.45, 2.75) is 6.42 Å². The van der Waals surface area contributed by atoms with Crippen molar-refractivity contribution in [3.05, 3.63) is 18.2 Å². The molecular weight excluding hydrogens is 232 g/mol. The van der Waals surface area contributed by atoms with Crippen LogP contribution in [0.3, 0.4) is 0 Å². The molecule has 0 radical (unpaired) electrons. The zero-order valence-electron chi connectivity index (χ0n) is 10.3. The largest absolute Gasteiger partial charge is 0.493 e. The Morgan fingerprint density at radius 1 is 1.33 bits per heavy atom.